The van der Waals surface area contributed by atoms with E-state index in [0.29, 0.717) is 5.82 Å². The number of carbonyl (C=O) groups is 2. The molecule has 1 aromatic heterocycles. The summed E-state index contributed by atoms with van der Waals surface area (Å²) < 4.78 is 5.00. The van der Waals surface area contributed by atoms with E-state index in [-0.39, 0.29) is 24.2 Å². The van der Waals surface area contributed by atoms with Gasteiger partial charge in [-0.1, -0.05) is 32.1 Å². The number of hydrogen-bond acceptors (Lipinski definition) is 5. The number of nitrogens with zero attached hydrogens (tertiary/aromatic N) is 2. The predicted octanol–water partition coefficient (Wildman–Crippen LogP) is 2.17. The number of esters is 1. The fraction of sp³-hybridized carbons (Fsp3) is 0.625. The second-order valence-corrected chi connectivity index (χ2v) is 5.67. The molecule has 6 heteroatoms. The van der Waals surface area contributed by atoms with Gasteiger partial charge in [-0.15, -0.1) is 0 Å². The summed E-state index contributed by atoms with van der Waals surface area (Å²) in [7, 11) is 0. The Labute approximate surface area is 130 Å². The number of ether oxygens (including phenoxy) is 1. The van der Waals surface area contributed by atoms with E-state index in [2.05, 4.69) is 15.3 Å². The molecule has 1 aliphatic rings. The molecule has 6 nitrogen and oxygen atoms in total. The summed E-state index contributed by atoms with van der Waals surface area (Å²) in [6, 6.07) is 1.68. The quantitative estimate of drug-likeness (QED) is 0.862. The Bertz CT molecular complexity index is 511. The maximum atomic E-state index is 11.9. The van der Waals surface area contributed by atoms with Crippen molar-refractivity contribution in [3.05, 3.63) is 23.8 Å². The maximum absolute atomic E-state index is 11.9. The van der Waals surface area contributed by atoms with E-state index in [1.54, 1.807) is 6.92 Å². The fourth-order valence-corrected chi connectivity index (χ4v) is 2.64. The van der Waals surface area contributed by atoms with Crippen LogP contribution in [0.1, 0.15) is 61.3 Å². The minimum Gasteiger partial charge on any atom is -0.451 e. The van der Waals surface area contributed by atoms with Crippen LogP contribution < -0.4 is 5.32 Å². The van der Waals surface area contributed by atoms with Crippen LogP contribution in [0, 0.1) is 6.92 Å². The largest absolute Gasteiger partial charge is 0.451 e. The van der Waals surface area contributed by atoms with Crippen molar-refractivity contribution in [3.8, 4) is 0 Å². The Morgan fingerprint density at radius 1 is 1.23 bits per heavy atom. The molecule has 0 bridgehead atoms. The lowest BCUT2D eigenvalue weighted by Crippen LogP contribution is -2.38. The molecule has 1 fully saturated rings. The number of aryl methyl sites for hydroxylation is 1. The normalized spacial score (nSPS) is 16.4. The molecule has 0 atom stereocenters. The second kappa shape index (κ2) is 8.46. The molecule has 1 heterocycles. The highest BCUT2D eigenvalue weighted by atomic mass is 16.5. The molecule has 2 rings (SSSR count). The molecule has 0 saturated heterocycles. The Morgan fingerprint density at radius 3 is 2.59 bits per heavy atom. The van der Waals surface area contributed by atoms with E-state index in [9.17, 15) is 9.59 Å². The predicted molar refractivity (Wildman–Crippen MR) is 81.3 cm³/mol. The van der Waals surface area contributed by atoms with Crippen LogP contribution in [0.15, 0.2) is 12.3 Å². The molecule has 22 heavy (non-hydrogen) atoms. The van der Waals surface area contributed by atoms with E-state index >= 15 is 0 Å². The van der Waals surface area contributed by atoms with Gasteiger partial charge in [0.05, 0.1) is 0 Å². The summed E-state index contributed by atoms with van der Waals surface area (Å²) in [4.78, 5) is 31.6. The second-order valence-electron chi connectivity index (χ2n) is 5.67. The van der Waals surface area contributed by atoms with Gasteiger partial charge in [0, 0.05) is 12.2 Å². The number of amides is 1. The standard InChI is InChI=1S/C16H23N3O3/c1-12-17-10-9-14(18-12)16(21)22-11-15(20)19-13-7-5-3-2-4-6-8-13/h9-10,13H,2-8,11H2,1H3,(H,19,20). The molecule has 120 valence electrons. The van der Waals surface area contributed by atoms with Crippen molar-refractivity contribution in [1.82, 2.24) is 15.3 Å². The molecular formula is C16H23N3O3. The molecule has 1 amide bonds. The highest BCUT2D eigenvalue weighted by molar-refractivity contribution is 5.89. The zero-order valence-electron chi connectivity index (χ0n) is 13.0. The summed E-state index contributed by atoms with van der Waals surface area (Å²) in [6.45, 7) is 1.43. The number of hydrogen-bond donors (Lipinski definition) is 1. The molecule has 1 N–H and O–H groups in total. The van der Waals surface area contributed by atoms with E-state index in [1.165, 1.54) is 31.5 Å². The summed E-state index contributed by atoms with van der Waals surface area (Å²) in [6.07, 6.45) is 9.54. The lowest BCUT2D eigenvalue weighted by atomic mass is 9.97. The van der Waals surface area contributed by atoms with Crippen LogP contribution in [0.25, 0.3) is 0 Å². The third-order valence-corrected chi connectivity index (χ3v) is 3.79. The van der Waals surface area contributed by atoms with E-state index < -0.39 is 5.97 Å². The van der Waals surface area contributed by atoms with Crippen LogP contribution >= 0.6 is 0 Å². The van der Waals surface area contributed by atoms with Crippen molar-refractivity contribution in [3.63, 3.8) is 0 Å². The molecule has 1 saturated carbocycles. The van der Waals surface area contributed by atoms with Crippen molar-refractivity contribution in [2.24, 2.45) is 0 Å². The zero-order chi connectivity index (χ0) is 15.8. The van der Waals surface area contributed by atoms with Gasteiger partial charge in [-0.2, -0.15) is 0 Å². The Hall–Kier alpha value is -1.98. The topological polar surface area (TPSA) is 81.2 Å². The first-order chi connectivity index (χ1) is 10.6. The van der Waals surface area contributed by atoms with Gasteiger partial charge < -0.3 is 10.1 Å². The average molecular weight is 305 g/mol. The molecular weight excluding hydrogens is 282 g/mol. The SMILES string of the molecule is Cc1nccc(C(=O)OCC(=O)NC2CCCCCCC2)n1. The zero-order valence-corrected chi connectivity index (χ0v) is 13.0. The minimum atomic E-state index is -0.599. The average Bonchev–Trinajstić information content (AvgIpc) is 2.47. The van der Waals surface area contributed by atoms with Gasteiger partial charge in [0.1, 0.15) is 5.82 Å². The van der Waals surface area contributed by atoms with Crippen LogP contribution in [0.5, 0.6) is 0 Å². The molecule has 0 spiro atoms. The molecule has 1 aromatic rings. The van der Waals surface area contributed by atoms with Crippen LogP contribution in [0.3, 0.4) is 0 Å². The fourth-order valence-electron chi connectivity index (χ4n) is 2.64. The minimum absolute atomic E-state index is 0.172. The summed E-state index contributed by atoms with van der Waals surface area (Å²) >= 11 is 0. The lowest BCUT2D eigenvalue weighted by Gasteiger charge is -2.20. The molecule has 1 aliphatic carbocycles. The van der Waals surface area contributed by atoms with Gasteiger partial charge in [-0.05, 0) is 25.8 Å². The van der Waals surface area contributed by atoms with Crippen LogP contribution in [0.4, 0.5) is 0 Å². The number of carbonyl (C=O) groups excluding carboxylic acids is 2. The first-order valence-electron chi connectivity index (χ1n) is 7.91. The third kappa shape index (κ3) is 5.42. The van der Waals surface area contributed by atoms with Crippen molar-refractivity contribution >= 4 is 11.9 Å². The van der Waals surface area contributed by atoms with Crippen molar-refractivity contribution in [2.75, 3.05) is 6.61 Å². The summed E-state index contributed by atoms with van der Waals surface area (Å²) in [5, 5.41) is 2.96. The van der Waals surface area contributed by atoms with Crippen LogP contribution in [-0.2, 0) is 9.53 Å². The highest BCUT2D eigenvalue weighted by Gasteiger charge is 2.16. The molecule has 0 radical (unpaired) electrons. The number of aromatic nitrogens is 2. The van der Waals surface area contributed by atoms with Gasteiger partial charge in [0.15, 0.2) is 12.3 Å². The van der Waals surface area contributed by atoms with Crippen molar-refractivity contribution in [2.45, 2.75) is 57.9 Å². The molecule has 0 aliphatic heterocycles. The van der Waals surface area contributed by atoms with Gasteiger partial charge in [0.2, 0.25) is 0 Å². The number of nitrogens with one attached hydrogen (secondary N) is 1. The van der Waals surface area contributed by atoms with Gasteiger partial charge in [0.25, 0.3) is 5.91 Å². The van der Waals surface area contributed by atoms with Crippen molar-refractivity contribution in [1.29, 1.82) is 0 Å². The van der Waals surface area contributed by atoms with E-state index in [4.69, 9.17) is 4.74 Å². The maximum Gasteiger partial charge on any atom is 0.357 e. The van der Waals surface area contributed by atoms with E-state index in [0.717, 1.165) is 25.7 Å². The Kier molecular flexibility index (Phi) is 6.30. The van der Waals surface area contributed by atoms with Crippen LogP contribution in [0.2, 0.25) is 0 Å². The Balaban J connectivity index is 1.75. The smallest absolute Gasteiger partial charge is 0.357 e. The van der Waals surface area contributed by atoms with Gasteiger partial charge >= 0.3 is 5.97 Å². The number of rotatable bonds is 4. The monoisotopic (exact) mass is 305 g/mol. The van der Waals surface area contributed by atoms with Crippen molar-refractivity contribution < 1.29 is 14.3 Å². The van der Waals surface area contributed by atoms with Crippen LogP contribution in [-0.4, -0.2) is 34.5 Å². The van der Waals surface area contributed by atoms with Gasteiger partial charge in [-0.3, -0.25) is 4.79 Å². The first-order valence-corrected chi connectivity index (χ1v) is 7.91. The lowest BCUT2D eigenvalue weighted by molar-refractivity contribution is -0.125. The summed E-state index contributed by atoms with van der Waals surface area (Å²) in [5.74, 6) is -0.351. The molecule has 0 unspecified atom stereocenters. The summed E-state index contributed by atoms with van der Waals surface area (Å²) in [5.41, 5.74) is 0.172. The van der Waals surface area contributed by atoms with Gasteiger partial charge in [-0.25, -0.2) is 14.8 Å². The molecule has 0 aromatic carbocycles. The Morgan fingerprint density at radius 2 is 1.91 bits per heavy atom. The third-order valence-electron chi connectivity index (χ3n) is 3.79. The highest BCUT2D eigenvalue weighted by Crippen LogP contribution is 2.16. The first kappa shape index (κ1) is 16.4. The van der Waals surface area contributed by atoms with E-state index in [1.807, 2.05) is 0 Å².